The molecule has 2 N–H and O–H groups in total. The van der Waals surface area contributed by atoms with Crippen LogP contribution in [-0.2, 0) is 11.3 Å². The van der Waals surface area contributed by atoms with Crippen molar-refractivity contribution in [2.24, 2.45) is 0 Å². The molecule has 3 nitrogen and oxygen atoms in total. The van der Waals surface area contributed by atoms with Gasteiger partial charge in [-0.25, -0.2) is 0 Å². The first-order chi connectivity index (χ1) is 8.11. The van der Waals surface area contributed by atoms with Gasteiger partial charge in [0.05, 0.1) is 6.61 Å². The maximum absolute atomic E-state index is 5.18. The van der Waals surface area contributed by atoms with E-state index in [0.29, 0.717) is 11.7 Å². The summed E-state index contributed by atoms with van der Waals surface area (Å²) in [7, 11) is 1.68. The summed E-state index contributed by atoms with van der Waals surface area (Å²) in [5.74, 6) is 0. The van der Waals surface area contributed by atoms with Crippen LogP contribution in [0.2, 0.25) is 0 Å². The summed E-state index contributed by atoms with van der Waals surface area (Å²) in [6.07, 6.45) is 0. The minimum absolute atomic E-state index is 0.213. The molecule has 0 aliphatic rings. The highest BCUT2D eigenvalue weighted by Crippen LogP contribution is 2.10. The summed E-state index contributed by atoms with van der Waals surface area (Å²) in [6.45, 7) is 3.38. The normalized spacial score (nSPS) is 11.9. The fourth-order valence-electron chi connectivity index (χ4n) is 1.35. The maximum atomic E-state index is 5.18. The van der Waals surface area contributed by atoms with Crippen molar-refractivity contribution in [2.45, 2.75) is 19.5 Å². The van der Waals surface area contributed by atoms with Crippen LogP contribution in [-0.4, -0.2) is 24.9 Å². The molecule has 1 aromatic carbocycles. The third kappa shape index (κ3) is 6.00. The number of halogens is 1. The maximum Gasteiger partial charge on any atom is 0.166 e. The van der Waals surface area contributed by atoms with Crippen LogP contribution >= 0.6 is 28.1 Å². The van der Waals surface area contributed by atoms with E-state index in [1.54, 1.807) is 7.11 Å². The lowest BCUT2D eigenvalue weighted by molar-refractivity contribution is 0.179. The van der Waals surface area contributed by atoms with Gasteiger partial charge in [0.15, 0.2) is 5.11 Å². The number of nitrogens with one attached hydrogen (secondary N) is 2. The molecular formula is C12H17BrN2OS. The molecule has 0 fully saturated rings. The Hall–Kier alpha value is -0.650. The molecule has 0 saturated heterocycles. The molecule has 0 bridgehead atoms. The van der Waals surface area contributed by atoms with Gasteiger partial charge in [-0.05, 0) is 36.8 Å². The third-order valence-corrected chi connectivity index (χ3v) is 2.95. The van der Waals surface area contributed by atoms with Crippen molar-refractivity contribution in [1.29, 1.82) is 0 Å². The van der Waals surface area contributed by atoms with E-state index in [0.717, 1.165) is 11.0 Å². The zero-order chi connectivity index (χ0) is 12.7. The molecule has 94 valence electrons. The lowest BCUT2D eigenvalue weighted by Crippen LogP contribution is -2.42. The molecule has 0 aliphatic heterocycles. The van der Waals surface area contributed by atoms with Crippen LogP contribution in [0.1, 0.15) is 12.5 Å². The van der Waals surface area contributed by atoms with Gasteiger partial charge in [-0.3, -0.25) is 0 Å². The predicted octanol–water partition coefficient (Wildman–Crippen LogP) is 2.45. The average molecular weight is 317 g/mol. The Morgan fingerprint density at radius 1 is 1.41 bits per heavy atom. The van der Waals surface area contributed by atoms with Gasteiger partial charge in [-0.15, -0.1) is 0 Å². The Morgan fingerprint density at radius 3 is 2.65 bits per heavy atom. The second-order valence-electron chi connectivity index (χ2n) is 3.81. The molecule has 0 saturated carbocycles. The fourth-order valence-corrected chi connectivity index (χ4v) is 1.89. The highest BCUT2D eigenvalue weighted by Gasteiger charge is 2.02. The smallest absolute Gasteiger partial charge is 0.166 e. The molecule has 5 heteroatoms. The predicted molar refractivity (Wildman–Crippen MR) is 78.1 cm³/mol. The van der Waals surface area contributed by atoms with Crippen LogP contribution in [0.3, 0.4) is 0 Å². The van der Waals surface area contributed by atoms with Gasteiger partial charge in [-0.1, -0.05) is 28.1 Å². The summed E-state index contributed by atoms with van der Waals surface area (Å²) < 4.78 is 6.10. The van der Waals surface area contributed by atoms with E-state index in [1.807, 2.05) is 19.1 Å². The van der Waals surface area contributed by atoms with Crippen LogP contribution in [0, 0.1) is 0 Å². The second kappa shape index (κ2) is 7.63. The highest BCUT2D eigenvalue weighted by atomic mass is 79.9. The molecule has 0 heterocycles. The van der Waals surface area contributed by atoms with Crippen LogP contribution < -0.4 is 10.6 Å². The fraction of sp³-hybridized carbons (Fsp3) is 0.417. The summed E-state index contributed by atoms with van der Waals surface area (Å²) in [5, 5.41) is 6.96. The summed E-state index contributed by atoms with van der Waals surface area (Å²) in [5.41, 5.74) is 1.19. The van der Waals surface area contributed by atoms with Gasteiger partial charge < -0.3 is 15.4 Å². The first-order valence-electron chi connectivity index (χ1n) is 5.39. The Bertz CT molecular complexity index is 356. The molecule has 0 radical (unpaired) electrons. The average Bonchev–Trinajstić information content (AvgIpc) is 2.28. The lowest BCUT2D eigenvalue weighted by atomic mass is 10.2. The monoisotopic (exact) mass is 316 g/mol. The van der Waals surface area contributed by atoms with Crippen molar-refractivity contribution in [1.82, 2.24) is 10.6 Å². The van der Waals surface area contributed by atoms with Gasteiger partial charge in [0, 0.05) is 24.2 Å². The quantitative estimate of drug-likeness (QED) is 0.818. The van der Waals surface area contributed by atoms with Crippen molar-refractivity contribution >= 4 is 33.3 Å². The van der Waals surface area contributed by atoms with E-state index in [2.05, 4.69) is 38.7 Å². The van der Waals surface area contributed by atoms with Crippen LogP contribution in [0.4, 0.5) is 0 Å². The Labute approximate surface area is 116 Å². The van der Waals surface area contributed by atoms with E-state index in [4.69, 9.17) is 17.0 Å². The molecule has 0 spiro atoms. The zero-order valence-electron chi connectivity index (χ0n) is 10.00. The first-order valence-corrected chi connectivity index (χ1v) is 6.59. The highest BCUT2D eigenvalue weighted by molar-refractivity contribution is 9.10. The van der Waals surface area contributed by atoms with E-state index >= 15 is 0 Å². The minimum atomic E-state index is 0.213. The number of hydrogen-bond donors (Lipinski definition) is 2. The minimum Gasteiger partial charge on any atom is -0.383 e. The largest absolute Gasteiger partial charge is 0.383 e. The first kappa shape index (κ1) is 14.4. The summed E-state index contributed by atoms with van der Waals surface area (Å²) >= 11 is 8.59. The van der Waals surface area contributed by atoms with E-state index in [9.17, 15) is 0 Å². The Kier molecular flexibility index (Phi) is 6.47. The SMILES string of the molecule is COCC(C)NC(=S)NCc1ccc(Br)cc1. The van der Waals surface area contributed by atoms with Crippen LogP contribution in [0.25, 0.3) is 0 Å². The molecular weight excluding hydrogens is 300 g/mol. The number of thiocarbonyl (C=S) groups is 1. The van der Waals surface area contributed by atoms with E-state index in [1.165, 1.54) is 5.56 Å². The number of methoxy groups -OCH3 is 1. The number of ether oxygens (including phenoxy) is 1. The molecule has 0 aliphatic carbocycles. The number of benzene rings is 1. The van der Waals surface area contributed by atoms with E-state index in [-0.39, 0.29) is 6.04 Å². The van der Waals surface area contributed by atoms with Crippen molar-refractivity contribution < 1.29 is 4.74 Å². The summed E-state index contributed by atoms with van der Waals surface area (Å²) in [6, 6.07) is 8.35. The Balaban J connectivity index is 2.30. The van der Waals surface area contributed by atoms with Crippen molar-refractivity contribution in [3.8, 4) is 0 Å². The van der Waals surface area contributed by atoms with Crippen LogP contribution in [0.5, 0.6) is 0 Å². The lowest BCUT2D eigenvalue weighted by Gasteiger charge is -2.16. The molecule has 1 atom stereocenters. The Morgan fingerprint density at radius 2 is 2.06 bits per heavy atom. The van der Waals surface area contributed by atoms with Gasteiger partial charge in [0.1, 0.15) is 0 Å². The standard InChI is InChI=1S/C12H17BrN2OS/c1-9(8-16-2)15-12(17)14-7-10-3-5-11(13)6-4-10/h3-6,9H,7-8H2,1-2H3,(H2,14,15,17). The molecule has 0 amide bonds. The van der Waals surface area contributed by atoms with Crippen molar-refractivity contribution in [3.05, 3.63) is 34.3 Å². The summed E-state index contributed by atoms with van der Waals surface area (Å²) in [4.78, 5) is 0. The van der Waals surface area contributed by atoms with E-state index < -0.39 is 0 Å². The number of rotatable bonds is 5. The second-order valence-corrected chi connectivity index (χ2v) is 5.13. The number of hydrogen-bond acceptors (Lipinski definition) is 2. The molecule has 1 rings (SSSR count). The molecule has 17 heavy (non-hydrogen) atoms. The van der Waals surface area contributed by atoms with Crippen molar-refractivity contribution in [3.63, 3.8) is 0 Å². The molecule has 1 aromatic rings. The zero-order valence-corrected chi connectivity index (χ0v) is 12.4. The topological polar surface area (TPSA) is 33.3 Å². The van der Waals surface area contributed by atoms with Gasteiger partial charge >= 0.3 is 0 Å². The molecule has 1 unspecified atom stereocenters. The van der Waals surface area contributed by atoms with Gasteiger partial charge in [0.25, 0.3) is 0 Å². The van der Waals surface area contributed by atoms with Crippen LogP contribution in [0.15, 0.2) is 28.7 Å². The molecule has 0 aromatic heterocycles. The van der Waals surface area contributed by atoms with Crippen molar-refractivity contribution in [2.75, 3.05) is 13.7 Å². The van der Waals surface area contributed by atoms with Gasteiger partial charge in [-0.2, -0.15) is 0 Å². The van der Waals surface area contributed by atoms with Gasteiger partial charge in [0.2, 0.25) is 0 Å². The third-order valence-electron chi connectivity index (χ3n) is 2.16.